The first kappa shape index (κ1) is 39.5. The second-order valence-corrected chi connectivity index (χ2v) is 0.250. The largest absolute Gasteiger partial charge is 2.00 e. The van der Waals surface area contributed by atoms with Gasteiger partial charge in [0, 0.05) is 0 Å². The fraction of sp³-hybridized carbons (Fsp3) is 0. The van der Waals surface area contributed by atoms with Crippen molar-refractivity contribution in [3.8, 4) is 0 Å². The molecule has 40 valence electrons. The zero-order valence-corrected chi connectivity index (χ0v) is 9.98. The van der Waals surface area contributed by atoms with E-state index >= 15 is 0 Å². The fourth-order valence-electron chi connectivity index (χ4n) is 0. The third-order valence-corrected chi connectivity index (χ3v) is 0. The summed E-state index contributed by atoms with van der Waals surface area (Å²) < 4.78 is 0. The molecule has 0 unspecified atom stereocenters. The molecule has 0 aliphatic rings. The molecule has 0 aromatic heterocycles. The van der Waals surface area contributed by atoms with E-state index < -0.39 is 6.16 Å². The third-order valence-electron chi connectivity index (χ3n) is 0. The van der Waals surface area contributed by atoms with Gasteiger partial charge in [0.05, 0.1) is 0 Å². The van der Waals surface area contributed by atoms with Gasteiger partial charge in [0.1, 0.15) is 0 Å². The summed E-state index contributed by atoms with van der Waals surface area (Å²) in [6.07, 6.45) is -2.33. The van der Waals surface area contributed by atoms with Gasteiger partial charge in [-0.05, 0) is 6.16 Å². The summed E-state index contributed by atoms with van der Waals surface area (Å²) in [5.41, 5.74) is 0. The van der Waals surface area contributed by atoms with Crippen LogP contribution in [0.4, 0.5) is 4.79 Å². The van der Waals surface area contributed by atoms with Crippen LogP contribution in [0.3, 0.4) is 0 Å². The van der Waals surface area contributed by atoms with E-state index in [0.717, 1.165) is 0 Å². The van der Waals surface area contributed by atoms with Crippen molar-refractivity contribution in [2.45, 2.75) is 0 Å². The van der Waals surface area contributed by atoms with Crippen LogP contribution in [0.25, 0.3) is 0 Å². The number of hydrogen-bond donors (Lipinski definition) is 0. The molecule has 0 aliphatic heterocycles. The molecule has 0 atom stereocenters. The average Bonchev–Trinajstić information content (AvgIpc) is 0.811. The van der Waals surface area contributed by atoms with Crippen LogP contribution < -0.4 is 10.2 Å². The van der Waals surface area contributed by atoms with E-state index in [4.69, 9.17) is 15.0 Å². The van der Waals surface area contributed by atoms with Crippen LogP contribution in [0.5, 0.6) is 0 Å². The molecule has 0 amide bonds. The smallest absolute Gasteiger partial charge is 2.00 e. The first-order valence-corrected chi connectivity index (χ1v) is 0.612. The number of rotatable bonds is 0. The molecule has 0 aliphatic carbocycles. The third kappa shape index (κ3) is 997. The fourth-order valence-corrected chi connectivity index (χ4v) is 0. The van der Waals surface area contributed by atoms with E-state index in [0.29, 0.717) is 0 Å². The second-order valence-electron chi connectivity index (χ2n) is 0.250. The van der Waals surface area contributed by atoms with Gasteiger partial charge < -0.3 is 26.0 Å². The Morgan fingerprint density at radius 1 is 1.12 bits per heavy atom. The summed E-state index contributed by atoms with van der Waals surface area (Å²) in [4.78, 5) is 8.33. The van der Waals surface area contributed by atoms with Crippen molar-refractivity contribution >= 4 is 6.16 Å². The molecule has 0 aromatic carbocycles. The summed E-state index contributed by atoms with van der Waals surface area (Å²) in [5.74, 6) is 0. The van der Waals surface area contributed by atoms with E-state index in [9.17, 15) is 0 Å². The van der Waals surface area contributed by atoms with E-state index in [-0.39, 0.29) is 49.9 Å². The molecule has 0 bridgehead atoms. The van der Waals surface area contributed by atoms with Gasteiger partial charge >= 0.3 is 39.0 Å². The molecule has 0 fully saturated rings. The standard InChI is InChI=1S/CH2O3.H2O.O.2Zn/c2-1(3)4;;;;/h(H2,2,3,4);1H2;;;/q;;-2;2*+2/p-2. The number of hydrogen-bond acceptors (Lipinski definition) is 3. The molecule has 7 heteroatoms. The van der Waals surface area contributed by atoms with Gasteiger partial charge in [-0.15, -0.1) is 0 Å². The topological polar surface area (TPSA) is 123 Å². The van der Waals surface area contributed by atoms with Crippen molar-refractivity contribution < 1.29 is 64.9 Å². The van der Waals surface area contributed by atoms with Crippen LogP contribution in [-0.2, 0) is 44.4 Å². The summed E-state index contributed by atoms with van der Waals surface area (Å²) >= 11 is 0. The van der Waals surface area contributed by atoms with Gasteiger partial charge in [0.15, 0.2) is 0 Å². The van der Waals surface area contributed by atoms with Crippen LogP contribution >= 0.6 is 0 Å². The molecule has 2 N–H and O–H groups in total. The molecule has 5 nitrogen and oxygen atoms in total. The molecule has 0 heterocycles. The first-order chi connectivity index (χ1) is 1.73. The van der Waals surface area contributed by atoms with Crippen LogP contribution in [0.15, 0.2) is 0 Å². The van der Waals surface area contributed by atoms with Crippen molar-refractivity contribution in [1.82, 2.24) is 0 Å². The van der Waals surface area contributed by atoms with Gasteiger partial charge in [-0.2, -0.15) is 0 Å². The Kier molecular flexibility index (Phi) is 129. The van der Waals surface area contributed by atoms with E-state index in [1.165, 1.54) is 0 Å². The zero-order chi connectivity index (χ0) is 3.58. The normalized spacial score (nSPS) is 3.00. The van der Waals surface area contributed by atoms with Gasteiger partial charge in [-0.1, -0.05) is 0 Å². The maximum absolute atomic E-state index is 8.33. The monoisotopic (exact) mass is 222 g/mol. The quantitative estimate of drug-likeness (QED) is 0.399. The summed E-state index contributed by atoms with van der Waals surface area (Å²) in [6, 6.07) is 0. The Bertz CT molecular complexity index is 33.4. The Balaban J connectivity index is -0.00000000750. The molecule has 8 heavy (non-hydrogen) atoms. The average molecular weight is 225 g/mol. The van der Waals surface area contributed by atoms with Gasteiger partial charge in [0.25, 0.3) is 0 Å². The summed E-state index contributed by atoms with van der Waals surface area (Å²) in [7, 11) is 0. The Morgan fingerprint density at radius 2 is 1.12 bits per heavy atom. The van der Waals surface area contributed by atoms with Crippen molar-refractivity contribution in [1.29, 1.82) is 0 Å². The van der Waals surface area contributed by atoms with Crippen molar-refractivity contribution in [3.05, 3.63) is 0 Å². The van der Waals surface area contributed by atoms with Crippen molar-refractivity contribution in [2.75, 3.05) is 0 Å². The molecular weight excluding hydrogens is 223 g/mol. The Hall–Kier alpha value is 0.437. The number of carbonyl (C=O) groups excluding carboxylic acids is 1. The Labute approximate surface area is 71.2 Å². The molecule has 0 rings (SSSR count). The van der Waals surface area contributed by atoms with E-state index in [1.54, 1.807) is 0 Å². The predicted molar refractivity (Wildman–Crippen MR) is 9.70 cm³/mol. The second kappa shape index (κ2) is 26.1. The summed E-state index contributed by atoms with van der Waals surface area (Å²) in [5, 5.41) is 16.7. The van der Waals surface area contributed by atoms with Gasteiger partial charge in [-0.25, -0.2) is 0 Å². The predicted octanol–water partition coefficient (Wildman–Crippen LogP) is -3.40. The molecule has 0 radical (unpaired) electrons. The molecule has 0 aromatic rings. The number of carbonyl (C=O) groups is 1. The Morgan fingerprint density at radius 3 is 1.12 bits per heavy atom. The SMILES string of the molecule is O.O=C([O-])[O-].[O-2].[Zn+2].[Zn+2]. The van der Waals surface area contributed by atoms with Crippen LogP contribution in [0.1, 0.15) is 0 Å². The molecule has 0 saturated heterocycles. The van der Waals surface area contributed by atoms with Gasteiger partial charge in [0.2, 0.25) is 0 Å². The van der Waals surface area contributed by atoms with Crippen LogP contribution in [0, 0.1) is 0 Å². The van der Waals surface area contributed by atoms with E-state index in [1.807, 2.05) is 0 Å². The summed E-state index contributed by atoms with van der Waals surface area (Å²) in [6.45, 7) is 0. The molecular formula is CH2O5Zn2. The minimum atomic E-state index is -2.33. The molecule has 0 saturated carbocycles. The van der Waals surface area contributed by atoms with Gasteiger partial charge in [-0.3, -0.25) is 0 Å². The molecule has 0 spiro atoms. The minimum absolute atomic E-state index is 0. The van der Waals surface area contributed by atoms with Crippen molar-refractivity contribution in [2.24, 2.45) is 0 Å². The van der Waals surface area contributed by atoms with E-state index in [2.05, 4.69) is 0 Å². The number of carboxylic acid groups (broad SMARTS) is 2. The van der Waals surface area contributed by atoms with Crippen LogP contribution in [0.2, 0.25) is 0 Å². The zero-order valence-electron chi connectivity index (χ0n) is 4.05. The minimum Gasteiger partial charge on any atom is -2.00 e. The maximum Gasteiger partial charge on any atom is 2.00 e. The van der Waals surface area contributed by atoms with Crippen LogP contribution in [-0.4, -0.2) is 11.6 Å². The van der Waals surface area contributed by atoms with Crippen molar-refractivity contribution in [3.63, 3.8) is 0 Å². The maximum atomic E-state index is 8.33. The first-order valence-electron chi connectivity index (χ1n) is 0.612.